The molecule has 30 heavy (non-hydrogen) atoms. The Morgan fingerprint density at radius 1 is 1.20 bits per heavy atom. The predicted octanol–water partition coefficient (Wildman–Crippen LogP) is 4.43. The molecular formula is C23H32FIN4O. The number of likely N-dealkylation sites (tertiary alicyclic amines) is 1. The molecule has 2 aromatic rings. The van der Waals surface area contributed by atoms with Gasteiger partial charge in [0.05, 0.1) is 6.54 Å². The van der Waals surface area contributed by atoms with Crippen molar-refractivity contribution in [3.05, 3.63) is 65.5 Å². The highest BCUT2D eigenvalue weighted by atomic mass is 127. The van der Waals surface area contributed by atoms with Crippen molar-refractivity contribution >= 4 is 29.9 Å². The van der Waals surface area contributed by atoms with E-state index >= 15 is 0 Å². The Labute approximate surface area is 195 Å². The van der Waals surface area contributed by atoms with Crippen LogP contribution in [0.3, 0.4) is 0 Å². The third kappa shape index (κ3) is 6.84. The van der Waals surface area contributed by atoms with Gasteiger partial charge in [-0.2, -0.15) is 0 Å². The van der Waals surface area contributed by atoms with Gasteiger partial charge in [-0.05, 0) is 49.9 Å². The van der Waals surface area contributed by atoms with Gasteiger partial charge >= 0.3 is 0 Å². The number of rotatable bonds is 6. The number of hydrogen-bond acceptors (Lipinski definition) is 3. The van der Waals surface area contributed by atoms with Crippen molar-refractivity contribution in [3.63, 3.8) is 0 Å². The van der Waals surface area contributed by atoms with Gasteiger partial charge < -0.3 is 15.7 Å². The molecule has 1 fully saturated rings. The summed E-state index contributed by atoms with van der Waals surface area (Å²) in [5.41, 5.74) is 2.08. The molecule has 0 bridgehead atoms. The Hall–Kier alpha value is -1.87. The van der Waals surface area contributed by atoms with Gasteiger partial charge in [-0.15, -0.1) is 24.0 Å². The number of phenolic OH excluding ortho intramolecular Hbond substituents is 1. The molecule has 0 amide bonds. The zero-order valence-corrected chi connectivity index (χ0v) is 20.0. The van der Waals surface area contributed by atoms with Gasteiger partial charge in [-0.3, -0.25) is 4.90 Å². The molecule has 5 nitrogen and oxygen atoms in total. The summed E-state index contributed by atoms with van der Waals surface area (Å²) in [5, 5.41) is 16.1. The second kappa shape index (κ2) is 12.1. The van der Waals surface area contributed by atoms with Gasteiger partial charge in [0.25, 0.3) is 0 Å². The minimum Gasteiger partial charge on any atom is -0.505 e. The first kappa shape index (κ1) is 24.4. The molecule has 0 aliphatic carbocycles. The monoisotopic (exact) mass is 526 g/mol. The summed E-state index contributed by atoms with van der Waals surface area (Å²) in [6.07, 6.45) is 2.10. The fourth-order valence-electron chi connectivity index (χ4n) is 3.71. The van der Waals surface area contributed by atoms with E-state index in [1.54, 1.807) is 6.07 Å². The summed E-state index contributed by atoms with van der Waals surface area (Å²) >= 11 is 0. The van der Waals surface area contributed by atoms with Crippen LogP contribution >= 0.6 is 24.0 Å². The summed E-state index contributed by atoms with van der Waals surface area (Å²) in [4.78, 5) is 7.11. The van der Waals surface area contributed by atoms with E-state index in [4.69, 9.17) is 0 Å². The standard InChI is InChI=1S/C23H31FN4O.HI/c1-3-25-23(26-16-18-9-10-22(29)21(24)15-18)27-20-11-13-28(14-12-20)17(2)19-7-5-4-6-8-19;/h4-10,15,17,20,29H,3,11-14,16H2,1-2H3,(H2,25,26,27);1H. The molecule has 1 unspecified atom stereocenters. The third-order valence-electron chi connectivity index (χ3n) is 5.48. The molecule has 1 aliphatic heterocycles. The van der Waals surface area contributed by atoms with Crippen LogP contribution < -0.4 is 10.6 Å². The first-order valence-corrected chi connectivity index (χ1v) is 10.4. The summed E-state index contributed by atoms with van der Waals surface area (Å²) < 4.78 is 13.5. The Bertz CT molecular complexity index is 810. The van der Waals surface area contributed by atoms with Gasteiger partial charge in [0.2, 0.25) is 0 Å². The molecule has 1 aliphatic rings. The number of benzene rings is 2. The zero-order chi connectivity index (χ0) is 20.6. The number of phenols is 1. The highest BCUT2D eigenvalue weighted by molar-refractivity contribution is 14.0. The highest BCUT2D eigenvalue weighted by Crippen LogP contribution is 2.24. The van der Waals surface area contributed by atoms with E-state index in [0.29, 0.717) is 18.6 Å². The maximum absolute atomic E-state index is 13.5. The van der Waals surface area contributed by atoms with Gasteiger partial charge in [-0.1, -0.05) is 36.4 Å². The van der Waals surface area contributed by atoms with E-state index in [9.17, 15) is 9.50 Å². The summed E-state index contributed by atoms with van der Waals surface area (Å²) in [5.74, 6) is -0.203. The van der Waals surface area contributed by atoms with Gasteiger partial charge in [0.15, 0.2) is 17.5 Å². The number of hydrogen-bond donors (Lipinski definition) is 3. The van der Waals surface area contributed by atoms with Gasteiger partial charge in [-0.25, -0.2) is 9.38 Å². The van der Waals surface area contributed by atoms with Crippen LogP contribution in [0.25, 0.3) is 0 Å². The van der Waals surface area contributed by atoms with Crippen LogP contribution in [0.5, 0.6) is 5.75 Å². The van der Waals surface area contributed by atoms with Crippen LogP contribution in [0.15, 0.2) is 53.5 Å². The second-order valence-corrected chi connectivity index (χ2v) is 7.52. The minimum absolute atomic E-state index is 0. The van der Waals surface area contributed by atoms with Gasteiger partial charge in [0, 0.05) is 31.7 Å². The van der Waals surface area contributed by atoms with E-state index in [0.717, 1.165) is 44.0 Å². The Morgan fingerprint density at radius 3 is 2.53 bits per heavy atom. The third-order valence-corrected chi connectivity index (χ3v) is 5.48. The number of halogens is 2. The van der Waals surface area contributed by atoms with Crippen molar-refractivity contribution in [2.75, 3.05) is 19.6 Å². The van der Waals surface area contributed by atoms with E-state index in [-0.39, 0.29) is 29.7 Å². The van der Waals surface area contributed by atoms with Crippen LogP contribution in [-0.4, -0.2) is 41.6 Å². The summed E-state index contributed by atoms with van der Waals surface area (Å²) in [6, 6.07) is 15.8. The van der Waals surface area contributed by atoms with E-state index in [1.165, 1.54) is 17.7 Å². The van der Waals surface area contributed by atoms with Crippen molar-refractivity contribution in [2.45, 2.75) is 45.3 Å². The lowest BCUT2D eigenvalue weighted by atomic mass is 10.0. The maximum Gasteiger partial charge on any atom is 0.191 e. The molecule has 0 aromatic heterocycles. The number of nitrogens with one attached hydrogen (secondary N) is 2. The molecule has 0 radical (unpaired) electrons. The largest absolute Gasteiger partial charge is 0.505 e. The van der Waals surface area contributed by atoms with Crippen molar-refractivity contribution in [1.82, 2.24) is 15.5 Å². The van der Waals surface area contributed by atoms with Crippen LogP contribution in [0.2, 0.25) is 0 Å². The first-order valence-electron chi connectivity index (χ1n) is 10.4. The fraction of sp³-hybridized carbons (Fsp3) is 0.435. The summed E-state index contributed by atoms with van der Waals surface area (Å²) in [7, 11) is 0. The number of guanidine groups is 1. The van der Waals surface area contributed by atoms with E-state index in [2.05, 4.69) is 57.8 Å². The van der Waals surface area contributed by atoms with Gasteiger partial charge in [0.1, 0.15) is 0 Å². The molecule has 1 heterocycles. The molecule has 3 rings (SSSR count). The topological polar surface area (TPSA) is 59.9 Å². The van der Waals surface area contributed by atoms with Crippen LogP contribution in [0.1, 0.15) is 43.9 Å². The molecule has 1 atom stereocenters. The molecule has 3 N–H and O–H groups in total. The zero-order valence-electron chi connectivity index (χ0n) is 17.6. The number of nitrogens with zero attached hydrogens (tertiary/aromatic N) is 2. The van der Waals surface area contributed by atoms with Crippen LogP contribution in [-0.2, 0) is 6.54 Å². The van der Waals surface area contributed by atoms with Crippen molar-refractivity contribution in [1.29, 1.82) is 0 Å². The summed E-state index contributed by atoms with van der Waals surface area (Å²) in [6.45, 7) is 7.50. The molecule has 7 heteroatoms. The normalized spacial score (nSPS) is 16.6. The number of aromatic hydroxyl groups is 1. The lowest BCUT2D eigenvalue weighted by Gasteiger charge is -2.37. The fourth-order valence-corrected chi connectivity index (χ4v) is 3.71. The maximum atomic E-state index is 13.5. The second-order valence-electron chi connectivity index (χ2n) is 7.52. The average molecular weight is 526 g/mol. The highest BCUT2D eigenvalue weighted by Gasteiger charge is 2.24. The molecule has 0 saturated carbocycles. The Kier molecular flexibility index (Phi) is 9.84. The SMILES string of the molecule is CCNC(=NCc1ccc(O)c(F)c1)NC1CCN(C(C)c2ccccc2)CC1.I. The average Bonchev–Trinajstić information content (AvgIpc) is 2.75. The molecule has 2 aromatic carbocycles. The van der Waals surface area contributed by atoms with Crippen molar-refractivity contribution in [3.8, 4) is 5.75 Å². The molecule has 164 valence electrons. The first-order chi connectivity index (χ1) is 14.1. The minimum atomic E-state index is -0.615. The predicted molar refractivity (Wildman–Crippen MR) is 131 cm³/mol. The molecular weight excluding hydrogens is 494 g/mol. The quantitative estimate of drug-likeness (QED) is 0.296. The lowest BCUT2D eigenvalue weighted by molar-refractivity contribution is 0.158. The molecule has 1 saturated heterocycles. The van der Waals surface area contributed by atoms with Crippen LogP contribution in [0.4, 0.5) is 4.39 Å². The van der Waals surface area contributed by atoms with Crippen molar-refractivity contribution in [2.24, 2.45) is 4.99 Å². The van der Waals surface area contributed by atoms with Crippen LogP contribution in [0, 0.1) is 5.82 Å². The number of aliphatic imine (C=N–C) groups is 1. The smallest absolute Gasteiger partial charge is 0.191 e. The Balaban J connectivity index is 0.00000320. The number of piperidine rings is 1. The van der Waals surface area contributed by atoms with Crippen molar-refractivity contribution < 1.29 is 9.50 Å². The van der Waals surface area contributed by atoms with E-state index in [1.807, 2.05) is 6.92 Å². The molecule has 0 spiro atoms. The van der Waals surface area contributed by atoms with E-state index < -0.39 is 5.82 Å². The Morgan fingerprint density at radius 2 is 1.90 bits per heavy atom. The lowest BCUT2D eigenvalue weighted by Crippen LogP contribution is -2.49.